The van der Waals surface area contributed by atoms with Crippen molar-refractivity contribution in [3.8, 4) is 0 Å². The molecule has 0 saturated carbocycles. The monoisotopic (exact) mass is 350 g/mol. The molecule has 0 aliphatic heterocycles. The molecule has 0 unspecified atom stereocenters. The number of aliphatic carboxylic acids is 1. The van der Waals surface area contributed by atoms with Gasteiger partial charge in [-0.1, -0.05) is 30.3 Å². The van der Waals surface area contributed by atoms with E-state index in [1.165, 1.54) is 28.7 Å². The number of rotatable bonds is 8. The summed E-state index contributed by atoms with van der Waals surface area (Å²) >= 11 is 2.69. The Morgan fingerprint density at radius 1 is 1.30 bits per heavy atom. The minimum absolute atomic E-state index is 0.0523. The molecule has 1 heterocycles. The average molecular weight is 350 g/mol. The number of aryl methyl sites for hydroxylation is 1. The van der Waals surface area contributed by atoms with Crippen molar-refractivity contribution in [2.45, 2.75) is 13.3 Å². The van der Waals surface area contributed by atoms with Crippen LogP contribution in [0.25, 0.3) is 0 Å². The number of thioether (sulfide) groups is 1. The van der Waals surface area contributed by atoms with Crippen molar-refractivity contribution >= 4 is 35.0 Å². The topological polar surface area (TPSA) is 79.3 Å². The minimum Gasteiger partial charge on any atom is -0.481 e. The van der Waals surface area contributed by atoms with Gasteiger partial charge in [0.25, 0.3) is 5.91 Å². The molecule has 0 radical (unpaired) electrons. The van der Waals surface area contributed by atoms with E-state index >= 15 is 0 Å². The lowest BCUT2D eigenvalue weighted by Crippen LogP contribution is -2.25. The standard InChI is InChI=1S/C16H18N2O3S2/c1-11-15(16(21)17-7-8-22-10-14(19)20)23-13(18-11)9-12-5-3-2-4-6-12/h2-6H,7-10H2,1H3,(H,17,21)(H,19,20). The minimum atomic E-state index is -0.842. The zero-order chi connectivity index (χ0) is 16.7. The highest BCUT2D eigenvalue weighted by Crippen LogP contribution is 2.20. The number of carboxylic acid groups (broad SMARTS) is 1. The number of nitrogens with one attached hydrogen (secondary N) is 1. The lowest BCUT2D eigenvalue weighted by molar-refractivity contribution is -0.133. The van der Waals surface area contributed by atoms with Gasteiger partial charge in [-0.2, -0.15) is 0 Å². The largest absolute Gasteiger partial charge is 0.481 e. The Bertz CT molecular complexity index is 671. The maximum absolute atomic E-state index is 12.2. The van der Waals surface area contributed by atoms with Gasteiger partial charge >= 0.3 is 5.97 Å². The third-order valence-electron chi connectivity index (χ3n) is 3.00. The van der Waals surface area contributed by atoms with Gasteiger partial charge in [-0.25, -0.2) is 4.98 Å². The van der Waals surface area contributed by atoms with E-state index in [-0.39, 0.29) is 11.7 Å². The lowest BCUT2D eigenvalue weighted by atomic mass is 10.2. The van der Waals surface area contributed by atoms with Crippen LogP contribution in [0.5, 0.6) is 0 Å². The zero-order valence-corrected chi connectivity index (χ0v) is 14.4. The second-order valence-corrected chi connectivity index (χ2v) is 7.08. The van der Waals surface area contributed by atoms with Gasteiger partial charge in [-0.15, -0.1) is 23.1 Å². The van der Waals surface area contributed by atoms with Crippen molar-refractivity contribution in [3.05, 3.63) is 51.5 Å². The molecule has 0 aliphatic rings. The van der Waals surface area contributed by atoms with Crippen LogP contribution in [0.1, 0.15) is 25.9 Å². The molecule has 1 aromatic heterocycles. The molecule has 0 fully saturated rings. The van der Waals surface area contributed by atoms with E-state index in [9.17, 15) is 9.59 Å². The molecule has 1 aromatic carbocycles. The summed E-state index contributed by atoms with van der Waals surface area (Å²) in [5, 5.41) is 12.3. The molecular formula is C16H18N2O3S2. The van der Waals surface area contributed by atoms with Gasteiger partial charge < -0.3 is 10.4 Å². The Hall–Kier alpha value is -1.86. The number of aromatic nitrogens is 1. The van der Waals surface area contributed by atoms with Crippen LogP contribution in [0.4, 0.5) is 0 Å². The van der Waals surface area contributed by atoms with Crippen LogP contribution in [0, 0.1) is 6.92 Å². The van der Waals surface area contributed by atoms with Gasteiger partial charge in [0, 0.05) is 18.7 Å². The van der Waals surface area contributed by atoms with E-state index < -0.39 is 5.97 Å². The van der Waals surface area contributed by atoms with Crippen molar-refractivity contribution in [1.29, 1.82) is 0 Å². The fourth-order valence-corrected chi connectivity index (χ4v) is 3.57. The van der Waals surface area contributed by atoms with Crippen LogP contribution in [0.2, 0.25) is 0 Å². The molecule has 122 valence electrons. The van der Waals surface area contributed by atoms with Gasteiger partial charge in [0.1, 0.15) is 4.88 Å². The van der Waals surface area contributed by atoms with Crippen molar-refractivity contribution in [1.82, 2.24) is 10.3 Å². The molecule has 0 saturated heterocycles. The number of carbonyl (C=O) groups is 2. The first-order chi connectivity index (χ1) is 11.1. The highest BCUT2D eigenvalue weighted by molar-refractivity contribution is 7.99. The SMILES string of the molecule is Cc1nc(Cc2ccccc2)sc1C(=O)NCCSCC(=O)O. The predicted octanol–water partition coefficient (Wildman–Crippen LogP) is 2.59. The number of thiazole rings is 1. The molecule has 7 heteroatoms. The Morgan fingerprint density at radius 2 is 2.04 bits per heavy atom. The molecule has 5 nitrogen and oxygen atoms in total. The van der Waals surface area contributed by atoms with Crippen LogP contribution in [0.3, 0.4) is 0 Å². The molecule has 2 aromatic rings. The summed E-state index contributed by atoms with van der Waals surface area (Å²) < 4.78 is 0. The van der Waals surface area contributed by atoms with Crippen LogP contribution in [-0.2, 0) is 11.2 Å². The van der Waals surface area contributed by atoms with Crippen molar-refractivity contribution in [3.63, 3.8) is 0 Å². The van der Waals surface area contributed by atoms with Crippen LogP contribution in [0.15, 0.2) is 30.3 Å². The fourth-order valence-electron chi connectivity index (χ4n) is 1.99. The number of hydrogen-bond donors (Lipinski definition) is 2. The summed E-state index contributed by atoms with van der Waals surface area (Å²) in [7, 11) is 0. The van der Waals surface area contributed by atoms with Crippen LogP contribution < -0.4 is 5.32 Å². The van der Waals surface area contributed by atoms with Gasteiger partial charge in [0.2, 0.25) is 0 Å². The van der Waals surface area contributed by atoms with E-state index in [2.05, 4.69) is 10.3 Å². The first-order valence-electron chi connectivity index (χ1n) is 7.14. The molecule has 0 spiro atoms. The summed E-state index contributed by atoms with van der Waals surface area (Å²) in [5.41, 5.74) is 1.90. The molecular weight excluding hydrogens is 332 g/mol. The summed E-state index contributed by atoms with van der Waals surface area (Å²) in [6.45, 7) is 2.28. The third-order valence-corrected chi connectivity index (χ3v) is 5.10. The molecule has 23 heavy (non-hydrogen) atoms. The summed E-state index contributed by atoms with van der Waals surface area (Å²) in [5.74, 6) is -0.357. The number of carbonyl (C=O) groups excluding carboxylic acids is 1. The molecule has 2 N–H and O–H groups in total. The Balaban J connectivity index is 1.87. The number of hydrogen-bond acceptors (Lipinski definition) is 5. The normalized spacial score (nSPS) is 10.5. The number of benzene rings is 1. The lowest BCUT2D eigenvalue weighted by Gasteiger charge is -2.02. The third kappa shape index (κ3) is 5.69. The van der Waals surface area contributed by atoms with E-state index in [1.807, 2.05) is 37.3 Å². The molecule has 2 rings (SSSR count). The fraction of sp³-hybridized carbons (Fsp3) is 0.312. The smallest absolute Gasteiger partial charge is 0.313 e. The molecule has 1 amide bonds. The van der Waals surface area contributed by atoms with E-state index in [0.717, 1.165) is 10.7 Å². The molecule has 0 aliphatic carbocycles. The van der Waals surface area contributed by atoms with E-state index in [1.54, 1.807) is 0 Å². The maximum Gasteiger partial charge on any atom is 0.313 e. The van der Waals surface area contributed by atoms with Crippen LogP contribution in [-0.4, -0.2) is 40.0 Å². The van der Waals surface area contributed by atoms with E-state index in [4.69, 9.17) is 5.11 Å². The summed E-state index contributed by atoms with van der Waals surface area (Å²) in [6.07, 6.45) is 0.716. The quantitative estimate of drug-likeness (QED) is 0.716. The Labute approximate surface area is 143 Å². The highest BCUT2D eigenvalue weighted by Gasteiger charge is 2.15. The van der Waals surface area contributed by atoms with Crippen LogP contribution >= 0.6 is 23.1 Å². The number of carboxylic acids is 1. The predicted molar refractivity (Wildman–Crippen MR) is 93.4 cm³/mol. The molecule has 0 atom stereocenters. The average Bonchev–Trinajstić information content (AvgIpc) is 2.88. The zero-order valence-electron chi connectivity index (χ0n) is 12.7. The summed E-state index contributed by atoms with van der Waals surface area (Å²) in [4.78, 5) is 27.7. The Kier molecular flexibility index (Phi) is 6.61. The second kappa shape index (κ2) is 8.69. The maximum atomic E-state index is 12.2. The first-order valence-corrected chi connectivity index (χ1v) is 9.11. The van der Waals surface area contributed by atoms with Gasteiger partial charge in [0.05, 0.1) is 16.5 Å². The first kappa shape index (κ1) is 17.5. The highest BCUT2D eigenvalue weighted by atomic mass is 32.2. The Morgan fingerprint density at radius 3 is 2.74 bits per heavy atom. The van der Waals surface area contributed by atoms with Gasteiger partial charge in [-0.3, -0.25) is 9.59 Å². The number of amides is 1. The van der Waals surface area contributed by atoms with Crippen molar-refractivity contribution in [2.24, 2.45) is 0 Å². The number of nitrogens with zero attached hydrogens (tertiary/aromatic N) is 1. The van der Waals surface area contributed by atoms with E-state index in [0.29, 0.717) is 23.6 Å². The molecule has 0 bridgehead atoms. The second-order valence-electron chi connectivity index (χ2n) is 4.89. The van der Waals surface area contributed by atoms with Gasteiger partial charge in [-0.05, 0) is 12.5 Å². The van der Waals surface area contributed by atoms with Crippen molar-refractivity contribution in [2.75, 3.05) is 18.1 Å². The van der Waals surface area contributed by atoms with Gasteiger partial charge in [0.15, 0.2) is 0 Å². The summed E-state index contributed by atoms with van der Waals surface area (Å²) in [6, 6.07) is 10.0. The van der Waals surface area contributed by atoms with Crippen molar-refractivity contribution < 1.29 is 14.7 Å².